The lowest BCUT2D eigenvalue weighted by Crippen LogP contribution is -2.28. The third kappa shape index (κ3) is 4.64. The van der Waals surface area contributed by atoms with Gasteiger partial charge in [0.1, 0.15) is 6.67 Å². The SMILES string of the molecule is Nc1nccnc1C(=O)Nc1cnn(C(CNCCF)c2ccccc2)c1. The summed E-state index contributed by atoms with van der Waals surface area (Å²) in [6, 6.07) is 9.59. The molecule has 9 heteroatoms. The number of nitrogens with zero attached hydrogens (tertiary/aromatic N) is 4. The number of benzene rings is 1. The molecule has 0 spiro atoms. The van der Waals surface area contributed by atoms with Gasteiger partial charge in [0.25, 0.3) is 5.91 Å². The van der Waals surface area contributed by atoms with Gasteiger partial charge in [0.15, 0.2) is 11.5 Å². The summed E-state index contributed by atoms with van der Waals surface area (Å²) < 4.78 is 14.2. The largest absolute Gasteiger partial charge is 0.382 e. The van der Waals surface area contributed by atoms with Gasteiger partial charge >= 0.3 is 0 Å². The van der Waals surface area contributed by atoms with Gasteiger partial charge in [-0.05, 0) is 5.56 Å². The van der Waals surface area contributed by atoms with Crippen LogP contribution in [0, 0.1) is 0 Å². The van der Waals surface area contributed by atoms with E-state index < -0.39 is 12.6 Å². The predicted molar refractivity (Wildman–Crippen MR) is 100 cm³/mol. The highest BCUT2D eigenvalue weighted by Crippen LogP contribution is 2.19. The number of anilines is 2. The van der Waals surface area contributed by atoms with Crippen LogP contribution in [0.1, 0.15) is 22.1 Å². The molecule has 0 fully saturated rings. The van der Waals surface area contributed by atoms with Crippen molar-refractivity contribution in [3.8, 4) is 0 Å². The zero-order valence-electron chi connectivity index (χ0n) is 14.5. The number of halogens is 1. The minimum Gasteiger partial charge on any atom is -0.382 e. The van der Waals surface area contributed by atoms with E-state index in [-0.39, 0.29) is 24.1 Å². The molecule has 0 saturated carbocycles. The van der Waals surface area contributed by atoms with Crippen molar-refractivity contribution in [1.29, 1.82) is 0 Å². The van der Waals surface area contributed by atoms with Crippen LogP contribution >= 0.6 is 0 Å². The van der Waals surface area contributed by atoms with Crippen molar-refractivity contribution in [1.82, 2.24) is 25.1 Å². The van der Waals surface area contributed by atoms with Crippen molar-refractivity contribution in [2.75, 3.05) is 30.8 Å². The molecule has 1 atom stereocenters. The summed E-state index contributed by atoms with van der Waals surface area (Å²) in [5.41, 5.74) is 7.24. The molecule has 0 radical (unpaired) electrons. The van der Waals surface area contributed by atoms with Crippen LogP contribution in [-0.2, 0) is 0 Å². The maximum atomic E-state index is 12.4. The van der Waals surface area contributed by atoms with E-state index in [4.69, 9.17) is 5.73 Å². The van der Waals surface area contributed by atoms with Crippen molar-refractivity contribution in [3.63, 3.8) is 0 Å². The molecule has 1 unspecified atom stereocenters. The van der Waals surface area contributed by atoms with Crippen LogP contribution in [0.2, 0.25) is 0 Å². The minimum atomic E-state index is -0.466. The van der Waals surface area contributed by atoms with Gasteiger partial charge in [0.2, 0.25) is 0 Å². The topological polar surface area (TPSA) is 111 Å². The highest BCUT2D eigenvalue weighted by Gasteiger charge is 2.17. The second-order valence-corrected chi connectivity index (χ2v) is 5.77. The number of nitrogens with one attached hydrogen (secondary N) is 2. The Hall–Kier alpha value is -3.33. The summed E-state index contributed by atoms with van der Waals surface area (Å²) in [6.45, 7) is 0.321. The van der Waals surface area contributed by atoms with Crippen molar-refractivity contribution in [2.24, 2.45) is 0 Å². The van der Waals surface area contributed by atoms with Gasteiger partial charge in [-0.15, -0.1) is 0 Å². The highest BCUT2D eigenvalue weighted by molar-refractivity contribution is 6.05. The van der Waals surface area contributed by atoms with Gasteiger partial charge < -0.3 is 16.4 Å². The number of carbonyl (C=O) groups is 1. The van der Waals surface area contributed by atoms with Crippen molar-refractivity contribution < 1.29 is 9.18 Å². The summed E-state index contributed by atoms with van der Waals surface area (Å²) in [6.07, 6.45) is 6.06. The molecule has 0 bridgehead atoms. The first-order valence-corrected chi connectivity index (χ1v) is 8.42. The number of aromatic nitrogens is 4. The molecule has 0 saturated heterocycles. The first-order chi connectivity index (χ1) is 13.2. The van der Waals surface area contributed by atoms with Gasteiger partial charge in [0.05, 0.1) is 17.9 Å². The number of hydrogen-bond donors (Lipinski definition) is 3. The summed E-state index contributed by atoms with van der Waals surface area (Å²) in [7, 11) is 0. The van der Waals surface area contributed by atoms with Gasteiger partial charge in [0, 0.05) is 31.7 Å². The van der Waals surface area contributed by atoms with Crippen LogP contribution in [0.15, 0.2) is 55.1 Å². The van der Waals surface area contributed by atoms with Gasteiger partial charge in [-0.3, -0.25) is 9.48 Å². The third-order valence-electron chi connectivity index (χ3n) is 3.91. The molecule has 3 aromatic rings. The van der Waals surface area contributed by atoms with E-state index in [2.05, 4.69) is 25.7 Å². The van der Waals surface area contributed by atoms with Gasteiger partial charge in [-0.2, -0.15) is 5.10 Å². The maximum absolute atomic E-state index is 12.4. The fraction of sp³-hybridized carbons (Fsp3) is 0.222. The second kappa shape index (κ2) is 8.86. The lowest BCUT2D eigenvalue weighted by atomic mass is 10.1. The smallest absolute Gasteiger partial charge is 0.278 e. The maximum Gasteiger partial charge on any atom is 0.278 e. The Morgan fingerprint density at radius 3 is 2.74 bits per heavy atom. The molecule has 0 aliphatic heterocycles. The Morgan fingerprint density at radius 2 is 2.00 bits per heavy atom. The fourth-order valence-corrected chi connectivity index (χ4v) is 2.63. The van der Waals surface area contributed by atoms with Crippen LogP contribution in [0.5, 0.6) is 0 Å². The molecule has 2 heterocycles. The number of rotatable bonds is 8. The van der Waals surface area contributed by atoms with Gasteiger partial charge in [-0.1, -0.05) is 30.3 Å². The van der Waals surface area contributed by atoms with E-state index in [1.54, 1.807) is 10.9 Å². The molecule has 1 aromatic carbocycles. The molecular formula is C18H20FN7O. The fourth-order valence-electron chi connectivity index (χ4n) is 2.63. The quantitative estimate of drug-likeness (QED) is 0.521. The first kappa shape index (κ1) is 18.5. The van der Waals surface area contributed by atoms with Crippen molar-refractivity contribution in [3.05, 3.63) is 66.4 Å². The van der Waals surface area contributed by atoms with E-state index in [1.807, 2.05) is 30.3 Å². The molecule has 8 nitrogen and oxygen atoms in total. The number of hydrogen-bond acceptors (Lipinski definition) is 6. The summed E-state index contributed by atoms with van der Waals surface area (Å²) in [5.74, 6) is -0.410. The van der Waals surface area contributed by atoms with Crippen LogP contribution in [0.25, 0.3) is 0 Å². The Labute approximate surface area is 155 Å². The highest BCUT2D eigenvalue weighted by atomic mass is 19.1. The van der Waals surface area contributed by atoms with Crippen LogP contribution in [-0.4, -0.2) is 45.4 Å². The average molecular weight is 369 g/mol. The monoisotopic (exact) mass is 369 g/mol. The summed E-state index contributed by atoms with van der Waals surface area (Å²) in [5, 5.41) is 10.1. The first-order valence-electron chi connectivity index (χ1n) is 8.42. The molecule has 3 rings (SSSR count). The molecule has 0 aliphatic rings. The zero-order chi connectivity index (χ0) is 19.1. The minimum absolute atomic E-state index is 0.0504. The van der Waals surface area contributed by atoms with E-state index in [0.717, 1.165) is 5.56 Å². The Balaban J connectivity index is 1.77. The van der Waals surface area contributed by atoms with Crippen LogP contribution < -0.4 is 16.4 Å². The molecule has 140 valence electrons. The molecule has 4 N–H and O–H groups in total. The predicted octanol–water partition coefficient (Wildman–Crippen LogP) is 1.66. The van der Waals surface area contributed by atoms with Crippen LogP contribution in [0.3, 0.4) is 0 Å². The number of nitrogens with two attached hydrogens (primary N) is 1. The van der Waals surface area contributed by atoms with E-state index >= 15 is 0 Å². The Kier molecular flexibility index (Phi) is 6.06. The number of carbonyl (C=O) groups excluding carboxylic acids is 1. The molecular weight excluding hydrogens is 349 g/mol. The van der Waals surface area contributed by atoms with Crippen LogP contribution in [0.4, 0.5) is 15.9 Å². The zero-order valence-corrected chi connectivity index (χ0v) is 14.5. The second-order valence-electron chi connectivity index (χ2n) is 5.77. The van der Waals surface area contributed by atoms with E-state index in [1.165, 1.54) is 18.6 Å². The van der Waals surface area contributed by atoms with E-state index in [9.17, 15) is 9.18 Å². The number of alkyl halides is 1. The number of amides is 1. The molecule has 0 aliphatic carbocycles. The molecule has 2 aromatic heterocycles. The lowest BCUT2D eigenvalue weighted by molar-refractivity contribution is 0.102. The average Bonchev–Trinajstić information content (AvgIpc) is 3.14. The normalized spacial score (nSPS) is 11.9. The number of nitrogen functional groups attached to an aromatic ring is 1. The molecule has 1 amide bonds. The van der Waals surface area contributed by atoms with Crippen molar-refractivity contribution >= 4 is 17.4 Å². The van der Waals surface area contributed by atoms with Crippen molar-refractivity contribution in [2.45, 2.75) is 6.04 Å². The van der Waals surface area contributed by atoms with Gasteiger partial charge in [-0.25, -0.2) is 14.4 Å². The standard InChI is InChI=1S/C18H20FN7O/c19-6-7-21-11-15(13-4-2-1-3-5-13)26-12-14(10-24-26)25-18(27)16-17(20)23-9-8-22-16/h1-5,8-10,12,15,21H,6-7,11H2,(H2,20,23)(H,25,27). The van der Waals surface area contributed by atoms with E-state index in [0.29, 0.717) is 12.2 Å². The third-order valence-corrected chi connectivity index (χ3v) is 3.91. The Bertz CT molecular complexity index is 884. The summed E-state index contributed by atoms with van der Waals surface area (Å²) >= 11 is 0. The Morgan fingerprint density at radius 1 is 1.22 bits per heavy atom. The summed E-state index contributed by atoms with van der Waals surface area (Å²) in [4.78, 5) is 20.1. The lowest BCUT2D eigenvalue weighted by Gasteiger charge is -2.18. The molecule has 27 heavy (non-hydrogen) atoms.